The number of carbonyl (C=O) groups excluding carboxylic acids is 4. The van der Waals surface area contributed by atoms with E-state index in [0.29, 0.717) is 24.1 Å². The molecule has 1 aromatic carbocycles. The van der Waals surface area contributed by atoms with Crippen LogP contribution < -0.4 is 5.32 Å². The molecule has 1 saturated heterocycles. The molecule has 1 aliphatic carbocycles. The fraction of sp³-hybridized carbons (Fsp3) is 0.368. The summed E-state index contributed by atoms with van der Waals surface area (Å²) in [6, 6.07) is 6.23. The summed E-state index contributed by atoms with van der Waals surface area (Å²) in [5.74, 6) is -2.14. The molecule has 1 aliphatic heterocycles. The normalized spacial score (nSPS) is 21.5. The largest absolute Gasteiger partial charge is 0.462 e. The topological polar surface area (TPSA) is 92.8 Å². The summed E-state index contributed by atoms with van der Waals surface area (Å²) in [4.78, 5) is 49.6. The summed E-state index contributed by atoms with van der Waals surface area (Å²) < 4.78 is 4.89. The van der Waals surface area contributed by atoms with Gasteiger partial charge in [0.25, 0.3) is 0 Å². The van der Waals surface area contributed by atoms with Crippen molar-refractivity contribution < 1.29 is 23.9 Å². The first kappa shape index (κ1) is 17.8. The second kappa shape index (κ2) is 7.51. The Morgan fingerprint density at radius 3 is 2.19 bits per heavy atom. The van der Waals surface area contributed by atoms with Gasteiger partial charge in [0.05, 0.1) is 24.0 Å². The van der Waals surface area contributed by atoms with Gasteiger partial charge in [0.2, 0.25) is 17.7 Å². The first-order valence-corrected chi connectivity index (χ1v) is 8.58. The standard InChI is InChI=1S/C19H20N2O5/c1-2-26-19(25)12-7-9-13(10-8-12)20-16(22)11-21-17(23)14-5-3-4-6-15(14)18(21)24/h3-4,7-10,14-15H,2,5-6,11H2,1H3,(H,20,22)/t14-,15-/m1/s1. The second-order valence-corrected chi connectivity index (χ2v) is 6.26. The van der Waals surface area contributed by atoms with E-state index in [4.69, 9.17) is 4.74 Å². The van der Waals surface area contributed by atoms with Gasteiger partial charge in [0, 0.05) is 5.69 Å². The molecule has 2 aliphatic rings. The Hall–Kier alpha value is -2.96. The average Bonchev–Trinajstić information content (AvgIpc) is 2.88. The zero-order chi connectivity index (χ0) is 18.7. The third kappa shape index (κ3) is 3.51. The van der Waals surface area contributed by atoms with Crippen LogP contribution in [0.4, 0.5) is 5.69 Å². The Bertz CT molecular complexity index is 743. The fourth-order valence-corrected chi connectivity index (χ4v) is 3.27. The smallest absolute Gasteiger partial charge is 0.338 e. The lowest BCUT2D eigenvalue weighted by Crippen LogP contribution is -2.38. The third-order valence-electron chi connectivity index (χ3n) is 4.58. The lowest BCUT2D eigenvalue weighted by Gasteiger charge is -2.14. The first-order valence-electron chi connectivity index (χ1n) is 8.58. The van der Waals surface area contributed by atoms with Gasteiger partial charge in [0.1, 0.15) is 6.54 Å². The lowest BCUT2D eigenvalue weighted by molar-refractivity contribution is -0.142. The van der Waals surface area contributed by atoms with Gasteiger partial charge >= 0.3 is 5.97 Å². The van der Waals surface area contributed by atoms with Crippen LogP contribution in [-0.4, -0.2) is 41.7 Å². The number of hydrogen-bond donors (Lipinski definition) is 1. The van der Waals surface area contributed by atoms with Crippen molar-refractivity contribution in [1.82, 2.24) is 4.90 Å². The number of likely N-dealkylation sites (tertiary alicyclic amines) is 1. The van der Waals surface area contributed by atoms with E-state index in [9.17, 15) is 19.2 Å². The monoisotopic (exact) mass is 356 g/mol. The van der Waals surface area contributed by atoms with Gasteiger partial charge in [-0.25, -0.2) is 4.79 Å². The van der Waals surface area contributed by atoms with E-state index in [-0.39, 0.29) is 36.8 Å². The molecule has 7 heteroatoms. The molecule has 3 amide bonds. The van der Waals surface area contributed by atoms with Crippen LogP contribution in [0, 0.1) is 11.8 Å². The number of benzene rings is 1. The molecular weight excluding hydrogens is 336 g/mol. The maximum atomic E-state index is 12.4. The maximum Gasteiger partial charge on any atom is 0.338 e. The Balaban J connectivity index is 1.60. The van der Waals surface area contributed by atoms with Crippen molar-refractivity contribution in [2.75, 3.05) is 18.5 Å². The fourth-order valence-electron chi connectivity index (χ4n) is 3.27. The van der Waals surface area contributed by atoms with Crippen molar-refractivity contribution in [3.63, 3.8) is 0 Å². The Morgan fingerprint density at radius 2 is 1.65 bits per heavy atom. The SMILES string of the molecule is CCOC(=O)c1ccc(NC(=O)CN2C(=O)[C@@H]3CC=CC[C@H]3C2=O)cc1. The first-order chi connectivity index (χ1) is 12.5. The van der Waals surface area contributed by atoms with Crippen LogP contribution in [0.3, 0.4) is 0 Å². The van der Waals surface area contributed by atoms with Gasteiger partial charge in [0.15, 0.2) is 0 Å². The number of carbonyl (C=O) groups is 4. The highest BCUT2D eigenvalue weighted by atomic mass is 16.5. The highest BCUT2D eigenvalue weighted by molar-refractivity contribution is 6.08. The van der Waals surface area contributed by atoms with Crippen molar-refractivity contribution in [2.45, 2.75) is 19.8 Å². The van der Waals surface area contributed by atoms with E-state index in [0.717, 1.165) is 4.90 Å². The van der Waals surface area contributed by atoms with E-state index in [1.165, 1.54) is 0 Å². The molecule has 136 valence electrons. The van der Waals surface area contributed by atoms with E-state index in [1.54, 1.807) is 31.2 Å². The summed E-state index contributed by atoms with van der Waals surface area (Å²) in [6.07, 6.45) is 4.90. The molecule has 3 rings (SSSR count). The Kier molecular flexibility index (Phi) is 5.16. The molecule has 1 N–H and O–H groups in total. The molecule has 0 radical (unpaired) electrons. The summed E-state index contributed by atoms with van der Waals surface area (Å²) in [5, 5.41) is 2.64. The number of fused-ring (bicyclic) bond motifs is 1. The number of rotatable bonds is 5. The van der Waals surface area contributed by atoms with Crippen molar-refractivity contribution >= 4 is 29.4 Å². The molecule has 0 unspecified atom stereocenters. The van der Waals surface area contributed by atoms with Crippen LogP contribution in [0.25, 0.3) is 0 Å². The molecule has 1 fully saturated rings. The van der Waals surface area contributed by atoms with E-state index >= 15 is 0 Å². The van der Waals surface area contributed by atoms with Gasteiger partial charge in [-0.2, -0.15) is 0 Å². The number of imide groups is 1. The van der Waals surface area contributed by atoms with Crippen molar-refractivity contribution in [3.05, 3.63) is 42.0 Å². The predicted molar refractivity (Wildman–Crippen MR) is 93.1 cm³/mol. The van der Waals surface area contributed by atoms with Crippen LogP contribution in [-0.2, 0) is 19.1 Å². The molecule has 0 bridgehead atoms. The maximum absolute atomic E-state index is 12.4. The van der Waals surface area contributed by atoms with Gasteiger partial charge in [-0.05, 0) is 44.0 Å². The number of esters is 1. The van der Waals surface area contributed by atoms with Crippen molar-refractivity contribution in [3.8, 4) is 0 Å². The third-order valence-corrected chi connectivity index (χ3v) is 4.58. The van der Waals surface area contributed by atoms with Crippen molar-refractivity contribution in [1.29, 1.82) is 0 Å². The predicted octanol–water partition coefficient (Wildman–Crippen LogP) is 1.75. The molecule has 0 saturated carbocycles. The molecule has 7 nitrogen and oxygen atoms in total. The van der Waals surface area contributed by atoms with E-state index < -0.39 is 11.9 Å². The second-order valence-electron chi connectivity index (χ2n) is 6.26. The molecule has 1 aromatic rings. The highest BCUT2D eigenvalue weighted by Crippen LogP contribution is 2.34. The molecule has 2 atom stereocenters. The molecule has 1 heterocycles. The summed E-state index contributed by atoms with van der Waals surface area (Å²) in [5.41, 5.74) is 0.854. The summed E-state index contributed by atoms with van der Waals surface area (Å²) in [7, 11) is 0. The molecule has 26 heavy (non-hydrogen) atoms. The number of nitrogens with zero attached hydrogens (tertiary/aromatic N) is 1. The Labute approximate surface area is 151 Å². The summed E-state index contributed by atoms with van der Waals surface area (Å²) >= 11 is 0. The number of ether oxygens (including phenoxy) is 1. The van der Waals surface area contributed by atoms with Crippen LogP contribution in [0.2, 0.25) is 0 Å². The van der Waals surface area contributed by atoms with Crippen molar-refractivity contribution in [2.24, 2.45) is 11.8 Å². The van der Waals surface area contributed by atoms with Crippen LogP contribution >= 0.6 is 0 Å². The molecule has 0 spiro atoms. The zero-order valence-corrected chi connectivity index (χ0v) is 14.4. The van der Waals surface area contributed by atoms with Crippen LogP contribution in [0.5, 0.6) is 0 Å². The number of anilines is 1. The minimum Gasteiger partial charge on any atom is -0.462 e. The van der Waals surface area contributed by atoms with E-state index in [1.807, 2.05) is 12.2 Å². The quantitative estimate of drug-likeness (QED) is 0.493. The number of hydrogen-bond acceptors (Lipinski definition) is 5. The van der Waals surface area contributed by atoms with Crippen LogP contribution in [0.15, 0.2) is 36.4 Å². The number of nitrogens with one attached hydrogen (secondary N) is 1. The minimum absolute atomic E-state index is 0.280. The minimum atomic E-state index is -0.456. The van der Waals surface area contributed by atoms with Gasteiger partial charge < -0.3 is 10.1 Å². The average molecular weight is 356 g/mol. The number of amides is 3. The van der Waals surface area contributed by atoms with Gasteiger partial charge in [-0.3, -0.25) is 19.3 Å². The summed E-state index contributed by atoms with van der Waals surface area (Å²) in [6.45, 7) is 1.71. The van der Waals surface area contributed by atoms with E-state index in [2.05, 4.69) is 5.32 Å². The van der Waals surface area contributed by atoms with Gasteiger partial charge in [-0.15, -0.1) is 0 Å². The highest BCUT2D eigenvalue weighted by Gasteiger charge is 2.47. The molecular formula is C19H20N2O5. The Morgan fingerprint density at radius 1 is 1.08 bits per heavy atom. The van der Waals surface area contributed by atoms with Crippen LogP contribution in [0.1, 0.15) is 30.1 Å². The zero-order valence-electron chi connectivity index (χ0n) is 14.4. The number of allylic oxidation sites excluding steroid dienone is 2. The molecule has 0 aromatic heterocycles. The lowest BCUT2D eigenvalue weighted by atomic mass is 9.85. The van der Waals surface area contributed by atoms with Gasteiger partial charge in [-0.1, -0.05) is 12.2 Å².